The molecule has 0 saturated carbocycles. The van der Waals surface area contributed by atoms with Gasteiger partial charge in [-0.3, -0.25) is 14.4 Å². The van der Waals surface area contributed by atoms with E-state index in [1.165, 1.54) is 11.3 Å². The number of carbonyl (C=O) groups excluding carboxylic acids is 1. The van der Waals surface area contributed by atoms with Crippen molar-refractivity contribution in [2.75, 3.05) is 32.8 Å². The minimum absolute atomic E-state index is 0.109. The minimum Gasteiger partial charge on any atom is -0.369 e. The highest BCUT2D eigenvalue weighted by molar-refractivity contribution is 5.77. The number of hydrogen-bond acceptors (Lipinski definition) is 5. The van der Waals surface area contributed by atoms with E-state index in [4.69, 9.17) is 4.74 Å². The van der Waals surface area contributed by atoms with Gasteiger partial charge >= 0.3 is 0 Å². The maximum atomic E-state index is 12.2. The molecule has 2 aromatic heterocycles. The van der Waals surface area contributed by atoms with Crippen LogP contribution in [0.3, 0.4) is 0 Å². The molecule has 27 heavy (non-hydrogen) atoms. The topological polar surface area (TPSA) is 68.4 Å². The number of rotatable bonds is 7. The van der Waals surface area contributed by atoms with Gasteiger partial charge in [-0.05, 0) is 19.8 Å². The Kier molecular flexibility index (Phi) is 5.54. The zero-order valence-electron chi connectivity index (χ0n) is 16.0. The van der Waals surface area contributed by atoms with Crippen LogP contribution in [0.2, 0.25) is 0 Å². The molecule has 8 heteroatoms. The van der Waals surface area contributed by atoms with Crippen LogP contribution in [0.15, 0.2) is 24.9 Å². The van der Waals surface area contributed by atoms with E-state index in [-0.39, 0.29) is 18.6 Å². The standard InChI is InChI=1S/C19H28N6O2/c1-2-24-10-16(7-21-24)9-22-11-17-8-20-15-25(17)18(12-22)13-27-14-19(26)23-5-3-4-6-23/h7-8,10,15,18H,2-6,9,11-14H2,1H3. The lowest BCUT2D eigenvalue weighted by Gasteiger charge is -2.34. The summed E-state index contributed by atoms with van der Waals surface area (Å²) in [5.74, 6) is 0.109. The van der Waals surface area contributed by atoms with Crippen LogP contribution in [-0.2, 0) is 29.2 Å². The number of imidazole rings is 1. The molecule has 4 heterocycles. The van der Waals surface area contributed by atoms with E-state index in [0.717, 1.165) is 52.1 Å². The summed E-state index contributed by atoms with van der Waals surface area (Å²) in [7, 11) is 0. The molecule has 0 bridgehead atoms. The highest BCUT2D eigenvalue weighted by Gasteiger charge is 2.26. The van der Waals surface area contributed by atoms with Crippen molar-refractivity contribution < 1.29 is 9.53 Å². The highest BCUT2D eigenvalue weighted by Crippen LogP contribution is 2.23. The molecule has 2 aliphatic rings. The van der Waals surface area contributed by atoms with Gasteiger partial charge in [-0.2, -0.15) is 5.10 Å². The van der Waals surface area contributed by atoms with Crippen molar-refractivity contribution in [3.63, 3.8) is 0 Å². The first kappa shape index (κ1) is 18.2. The van der Waals surface area contributed by atoms with Gasteiger partial charge in [0.05, 0.1) is 30.9 Å². The molecular weight excluding hydrogens is 344 g/mol. The van der Waals surface area contributed by atoms with E-state index in [1.54, 1.807) is 0 Å². The number of fused-ring (bicyclic) bond motifs is 1. The van der Waals surface area contributed by atoms with Gasteiger partial charge in [0.15, 0.2) is 0 Å². The molecule has 0 aliphatic carbocycles. The molecule has 1 amide bonds. The fourth-order valence-corrected chi connectivity index (χ4v) is 3.98. The second-order valence-electron chi connectivity index (χ2n) is 7.42. The first-order valence-corrected chi connectivity index (χ1v) is 9.83. The Morgan fingerprint density at radius 3 is 2.93 bits per heavy atom. The summed E-state index contributed by atoms with van der Waals surface area (Å²) < 4.78 is 9.95. The second kappa shape index (κ2) is 8.22. The first-order chi connectivity index (χ1) is 13.2. The summed E-state index contributed by atoms with van der Waals surface area (Å²) in [6.45, 7) is 8.00. The number of aryl methyl sites for hydroxylation is 1. The summed E-state index contributed by atoms with van der Waals surface area (Å²) in [4.78, 5) is 20.8. The first-order valence-electron chi connectivity index (χ1n) is 9.83. The molecule has 146 valence electrons. The fourth-order valence-electron chi connectivity index (χ4n) is 3.98. The largest absolute Gasteiger partial charge is 0.369 e. The predicted molar refractivity (Wildman–Crippen MR) is 99.9 cm³/mol. The molecule has 0 radical (unpaired) electrons. The Bertz CT molecular complexity index is 764. The number of carbonyl (C=O) groups is 1. The molecule has 0 N–H and O–H groups in total. The summed E-state index contributed by atoms with van der Waals surface area (Å²) in [6, 6.07) is 0.170. The van der Waals surface area contributed by atoms with E-state index in [9.17, 15) is 4.79 Å². The minimum atomic E-state index is 0.109. The SMILES string of the molecule is CCn1cc(CN2Cc3cncn3C(COCC(=O)N3CCCC3)C2)cn1. The van der Waals surface area contributed by atoms with Crippen molar-refractivity contribution >= 4 is 5.91 Å². The number of likely N-dealkylation sites (tertiary alicyclic amines) is 1. The van der Waals surface area contributed by atoms with E-state index in [1.807, 2.05) is 28.3 Å². The van der Waals surface area contributed by atoms with E-state index in [2.05, 4.69) is 32.7 Å². The van der Waals surface area contributed by atoms with Gasteiger partial charge in [-0.15, -0.1) is 0 Å². The van der Waals surface area contributed by atoms with E-state index < -0.39 is 0 Å². The van der Waals surface area contributed by atoms with Crippen molar-refractivity contribution in [2.24, 2.45) is 0 Å². The predicted octanol–water partition coefficient (Wildman–Crippen LogP) is 1.30. The fraction of sp³-hybridized carbons (Fsp3) is 0.632. The number of ether oxygens (including phenoxy) is 1. The number of aromatic nitrogens is 4. The maximum absolute atomic E-state index is 12.2. The number of nitrogens with zero attached hydrogens (tertiary/aromatic N) is 6. The smallest absolute Gasteiger partial charge is 0.248 e. The third kappa shape index (κ3) is 4.22. The average molecular weight is 372 g/mol. The van der Waals surface area contributed by atoms with Crippen molar-refractivity contribution in [3.8, 4) is 0 Å². The summed E-state index contributed by atoms with van der Waals surface area (Å²) >= 11 is 0. The van der Waals surface area contributed by atoms with Crippen molar-refractivity contribution in [3.05, 3.63) is 36.2 Å². The quantitative estimate of drug-likeness (QED) is 0.733. The van der Waals surface area contributed by atoms with Crippen LogP contribution in [0.4, 0.5) is 0 Å². The normalized spacial score (nSPS) is 20.2. The van der Waals surface area contributed by atoms with Crippen LogP contribution >= 0.6 is 0 Å². The Hall–Kier alpha value is -2.19. The van der Waals surface area contributed by atoms with Gasteiger partial charge in [0.1, 0.15) is 6.61 Å². The van der Waals surface area contributed by atoms with Crippen molar-refractivity contribution in [1.82, 2.24) is 29.1 Å². The Morgan fingerprint density at radius 1 is 1.30 bits per heavy atom. The monoisotopic (exact) mass is 372 g/mol. The van der Waals surface area contributed by atoms with Gasteiger partial charge in [0.25, 0.3) is 0 Å². The lowest BCUT2D eigenvalue weighted by Crippen LogP contribution is -2.39. The second-order valence-corrected chi connectivity index (χ2v) is 7.42. The summed E-state index contributed by atoms with van der Waals surface area (Å²) in [6.07, 6.45) is 10.1. The van der Waals surface area contributed by atoms with Crippen LogP contribution in [0.1, 0.15) is 37.1 Å². The van der Waals surface area contributed by atoms with Gasteiger partial charge in [-0.25, -0.2) is 4.98 Å². The van der Waals surface area contributed by atoms with Gasteiger partial charge in [-0.1, -0.05) is 0 Å². The molecule has 1 saturated heterocycles. The van der Waals surface area contributed by atoms with Crippen molar-refractivity contribution in [1.29, 1.82) is 0 Å². The molecule has 1 unspecified atom stereocenters. The van der Waals surface area contributed by atoms with Gasteiger partial charge in [0.2, 0.25) is 5.91 Å². The summed E-state index contributed by atoms with van der Waals surface area (Å²) in [5, 5.41) is 4.37. The molecule has 0 spiro atoms. The summed E-state index contributed by atoms with van der Waals surface area (Å²) in [5.41, 5.74) is 2.40. The highest BCUT2D eigenvalue weighted by atomic mass is 16.5. The van der Waals surface area contributed by atoms with Crippen LogP contribution in [-0.4, -0.2) is 67.9 Å². The molecule has 1 fully saturated rings. The zero-order chi connectivity index (χ0) is 18.6. The number of amides is 1. The molecule has 4 rings (SSSR count). The Morgan fingerprint density at radius 2 is 2.15 bits per heavy atom. The Balaban J connectivity index is 1.34. The molecular formula is C19H28N6O2. The van der Waals surface area contributed by atoms with Crippen LogP contribution in [0.25, 0.3) is 0 Å². The van der Waals surface area contributed by atoms with Crippen LogP contribution in [0.5, 0.6) is 0 Å². The lowest BCUT2D eigenvalue weighted by atomic mass is 10.2. The molecule has 0 aromatic carbocycles. The van der Waals surface area contributed by atoms with Gasteiger partial charge < -0.3 is 14.2 Å². The number of hydrogen-bond donors (Lipinski definition) is 0. The molecule has 2 aliphatic heterocycles. The van der Waals surface area contributed by atoms with Gasteiger partial charge in [0, 0.05) is 57.2 Å². The molecule has 2 aromatic rings. The zero-order valence-corrected chi connectivity index (χ0v) is 16.0. The van der Waals surface area contributed by atoms with E-state index >= 15 is 0 Å². The average Bonchev–Trinajstić information content (AvgIpc) is 3.42. The third-order valence-electron chi connectivity index (χ3n) is 5.41. The Labute approximate surface area is 159 Å². The molecule has 1 atom stereocenters. The van der Waals surface area contributed by atoms with Crippen LogP contribution in [0, 0.1) is 0 Å². The third-order valence-corrected chi connectivity index (χ3v) is 5.41. The maximum Gasteiger partial charge on any atom is 0.248 e. The lowest BCUT2D eigenvalue weighted by molar-refractivity contribution is -0.135. The van der Waals surface area contributed by atoms with Crippen molar-refractivity contribution in [2.45, 2.75) is 45.4 Å². The van der Waals surface area contributed by atoms with Crippen LogP contribution < -0.4 is 0 Å². The molecule has 8 nitrogen and oxygen atoms in total. The van der Waals surface area contributed by atoms with E-state index in [0.29, 0.717) is 6.61 Å².